The van der Waals surface area contributed by atoms with Gasteiger partial charge in [-0.05, 0) is 32.1 Å². The van der Waals surface area contributed by atoms with Gasteiger partial charge in [0.15, 0.2) is 0 Å². The summed E-state index contributed by atoms with van der Waals surface area (Å²) >= 11 is 12.2. The molecule has 0 bridgehead atoms. The Morgan fingerprint density at radius 2 is 2.04 bits per heavy atom. The third-order valence-electron chi connectivity index (χ3n) is 4.08. The SMILES string of the molecule is Cc1nn(C)c(C)c1/C=C(\[C@H](O)c1ccc(Cl)cc1Cl)n1cncn1. The van der Waals surface area contributed by atoms with Crippen molar-refractivity contribution in [2.24, 2.45) is 7.05 Å². The van der Waals surface area contributed by atoms with Gasteiger partial charge >= 0.3 is 0 Å². The first kappa shape index (κ1) is 17.7. The number of aliphatic hydroxyl groups is 1. The molecule has 0 fully saturated rings. The van der Waals surface area contributed by atoms with Crippen LogP contribution in [0.25, 0.3) is 11.8 Å². The number of aryl methyl sites for hydroxylation is 2. The third kappa shape index (κ3) is 3.46. The normalized spacial score (nSPS) is 13.3. The molecule has 0 aliphatic heterocycles. The molecule has 1 aromatic carbocycles. The Balaban J connectivity index is 2.14. The highest BCUT2D eigenvalue weighted by Gasteiger charge is 2.21. The number of hydrogen-bond donors (Lipinski definition) is 1. The molecule has 0 aliphatic rings. The van der Waals surface area contributed by atoms with Crippen LogP contribution >= 0.6 is 23.2 Å². The standard InChI is InChI=1S/C17H17Cl2N5O/c1-10-14(11(2)23(3)22-10)7-16(24-9-20-8-21-24)17(25)13-5-4-12(18)6-15(13)19/h4-9,17,25H,1-3H3/b16-7+/t17-/m1/s1. The van der Waals surface area contributed by atoms with Crippen molar-refractivity contribution in [1.29, 1.82) is 0 Å². The first-order chi connectivity index (χ1) is 11.9. The van der Waals surface area contributed by atoms with Crippen LogP contribution < -0.4 is 0 Å². The van der Waals surface area contributed by atoms with Gasteiger partial charge in [-0.15, -0.1) is 0 Å². The van der Waals surface area contributed by atoms with E-state index in [-0.39, 0.29) is 0 Å². The molecule has 25 heavy (non-hydrogen) atoms. The van der Waals surface area contributed by atoms with E-state index in [4.69, 9.17) is 23.2 Å². The van der Waals surface area contributed by atoms with Crippen molar-refractivity contribution in [3.63, 3.8) is 0 Å². The van der Waals surface area contributed by atoms with Crippen LogP contribution in [0.5, 0.6) is 0 Å². The number of aromatic nitrogens is 5. The van der Waals surface area contributed by atoms with Crippen LogP contribution in [-0.2, 0) is 7.05 Å². The number of benzene rings is 1. The second-order valence-corrected chi connectivity index (χ2v) is 6.53. The summed E-state index contributed by atoms with van der Waals surface area (Å²) in [7, 11) is 1.88. The molecule has 0 spiro atoms. The summed E-state index contributed by atoms with van der Waals surface area (Å²) < 4.78 is 3.31. The number of halogens is 2. The minimum absolute atomic E-state index is 0.380. The third-order valence-corrected chi connectivity index (χ3v) is 4.64. The monoisotopic (exact) mass is 377 g/mol. The molecule has 0 saturated heterocycles. The Morgan fingerprint density at radius 1 is 1.28 bits per heavy atom. The number of aliphatic hydroxyl groups excluding tert-OH is 1. The van der Waals surface area contributed by atoms with Gasteiger partial charge in [0.25, 0.3) is 0 Å². The molecule has 1 N–H and O–H groups in total. The van der Waals surface area contributed by atoms with Crippen LogP contribution in [0.3, 0.4) is 0 Å². The molecular formula is C17H17Cl2N5O. The van der Waals surface area contributed by atoms with Crippen molar-refractivity contribution < 1.29 is 5.11 Å². The van der Waals surface area contributed by atoms with E-state index in [1.165, 1.54) is 17.3 Å². The van der Waals surface area contributed by atoms with Gasteiger partial charge in [-0.1, -0.05) is 29.3 Å². The van der Waals surface area contributed by atoms with Crippen molar-refractivity contribution in [3.8, 4) is 0 Å². The lowest BCUT2D eigenvalue weighted by molar-refractivity contribution is 0.231. The van der Waals surface area contributed by atoms with Crippen LogP contribution in [0.15, 0.2) is 30.9 Å². The fourth-order valence-electron chi connectivity index (χ4n) is 2.64. The van der Waals surface area contributed by atoms with E-state index in [1.54, 1.807) is 22.9 Å². The molecule has 6 nitrogen and oxygen atoms in total. The first-order valence-electron chi connectivity index (χ1n) is 7.58. The maximum atomic E-state index is 11.0. The topological polar surface area (TPSA) is 68.8 Å². The molecule has 2 heterocycles. The minimum Gasteiger partial charge on any atom is -0.382 e. The van der Waals surface area contributed by atoms with E-state index in [1.807, 2.05) is 27.0 Å². The summed E-state index contributed by atoms with van der Waals surface area (Å²) in [5.74, 6) is 0. The summed E-state index contributed by atoms with van der Waals surface area (Å²) in [6.45, 7) is 3.88. The fourth-order valence-corrected chi connectivity index (χ4v) is 3.15. The zero-order chi connectivity index (χ0) is 18.1. The average molecular weight is 378 g/mol. The molecule has 130 valence electrons. The number of hydrogen-bond acceptors (Lipinski definition) is 4. The lowest BCUT2D eigenvalue weighted by Gasteiger charge is -2.17. The Kier molecular flexibility index (Phi) is 4.94. The molecule has 8 heteroatoms. The van der Waals surface area contributed by atoms with Crippen molar-refractivity contribution in [2.75, 3.05) is 0 Å². The van der Waals surface area contributed by atoms with Crippen molar-refractivity contribution >= 4 is 35.0 Å². The first-order valence-corrected chi connectivity index (χ1v) is 8.34. The highest BCUT2D eigenvalue weighted by atomic mass is 35.5. The second kappa shape index (κ2) is 7.00. The zero-order valence-electron chi connectivity index (χ0n) is 14.0. The maximum Gasteiger partial charge on any atom is 0.138 e. The van der Waals surface area contributed by atoms with Gasteiger partial charge < -0.3 is 5.11 Å². The Hall–Kier alpha value is -2.15. The summed E-state index contributed by atoms with van der Waals surface area (Å²) in [4.78, 5) is 3.97. The molecule has 3 rings (SSSR count). The van der Waals surface area contributed by atoms with Crippen molar-refractivity contribution in [1.82, 2.24) is 24.5 Å². The van der Waals surface area contributed by atoms with Crippen LogP contribution in [0, 0.1) is 13.8 Å². The zero-order valence-corrected chi connectivity index (χ0v) is 15.5. The quantitative estimate of drug-likeness (QED) is 0.752. The van der Waals surface area contributed by atoms with Gasteiger partial charge in [0.2, 0.25) is 0 Å². The van der Waals surface area contributed by atoms with Crippen molar-refractivity contribution in [3.05, 3.63) is 63.4 Å². The largest absolute Gasteiger partial charge is 0.382 e. The molecule has 0 amide bonds. The van der Waals surface area contributed by atoms with Gasteiger partial charge in [0.05, 0.1) is 11.4 Å². The number of nitrogens with zero attached hydrogens (tertiary/aromatic N) is 5. The molecule has 0 saturated carbocycles. The number of rotatable bonds is 4. The van der Waals surface area contributed by atoms with E-state index in [0.29, 0.717) is 21.3 Å². The molecule has 0 unspecified atom stereocenters. The van der Waals surface area contributed by atoms with Gasteiger partial charge in [0, 0.05) is 33.9 Å². The van der Waals surface area contributed by atoms with E-state index >= 15 is 0 Å². The fraction of sp³-hybridized carbons (Fsp3) is 0.235. The summed E-state index contributed by atoms with van der Waals surface area (Å²) in [6, 6.07) is 4.98. The van der Waals surface area contributed by atoms with Crippen LogP contribution in [0.4, 0.5) is 0 Å². The highest BCUT2D eigenvalue weighted by Crippen LogP contribution is 2.33. The van der Waals surface area contributed by atoms with Crippen LogP contribution in [-0.4, -0.2) is 29.7 Å². The Morgan fingerprint density at radius 3 is 2.60 bits per heavy atom. The molecule has 1 atom stereocenters. The van der Waals surface area contributed by atoms with Crippen molar-refractivity contribution in [2.45, 2.75) is 20.0 Å². The predicted molar refractivity (Wildman–Crippen MR) is 98.3 cm³/mol. The molecule has 2 aromatic heterocycles. The summed E-state index contributed by atoms with van der Waals surface area (Å²) in [6.07, 6.45) is 3.78. The van der Waals surface area contributed by atoms with Gasteiger partial charge in [-0.2, -0.15) is 10.2 Å². The second-order valence-electron chi connectivity index (χ2n) is 5.69. The van der Waals surface area contributed by atoms with Crippen LogP contribution in [0.1, 0.15) is 28.6 Å². The summed E-state index contributed by atoms with van der Waals surface area (Å²) in [5.41, 5.74) is 3.79. The van der Waals surface area contributed by atoms with Gasteiger partial charge in [0.1, 0.15) is 18.8 Å². The van der Waals surface area contributed by atoms with E-state index < -0.39 is 6.10 Å². The molecular weight excluding hydrogens is 361 g/mol. The maximum absolute atomic E-state index is 11.0. The van der Waals surface area contributed by atoms with E-state index in [0.717, 1.165) is 17.0 Å². The highest BCUT2D eigenvalue weighted by molar-refractivity contribution is 6.35. The summed E-state index contributed by atoms with van der Waals surface area (Å²) in [5, 5.41) is 20.4. The lowest BCUT2D eigenvalue weighted by Crippen LogP contribution is -2.09. The Labute approximate surface area is 155 Å². The predicted octanol–water partition coefficient (Wildman–Crippen LogP) is 3.67. The van der Waals surface area contributed by atoms with Gasteiger partial charge in [-0.25, -0.2) is 9.67 Å². The molecule has 0 radical (unpaired) electrons. The molecule has 3 aromatic rings. The minimum atomic E-state index is -1.01. The van der Waals surface area contributed by atoms with E-state index in [9.17, 15) is 5.11 Å². The smallest absolute Gasteiger partial charge is 0.138 e. The van der Waals surface area contributed by atoms with E-state index in [2.05, 4.69) is 15.2 Å². The Bertz CT molecular complexity index is 931. The average Bonchev–Trinajstić information content (AvgIpc) is 3.15. The molecule has 0 aliphatic carbocycles. The van der Waals surface area contributed by atoms with Gasteiger partial charge in [-0.3, -0.25) is 4.68 Å². The lowest BCUT2D eigenvalue weighted by atomic mass is 10.0. The van der Waals surface area contributed by atoms with Crippen LogP contribution in [0.2, 0.25) is 10.0 Å².